The van der Waals surface area contributed by atoms with E-state index in [0.29, 0.717) is 83.2 Å². The Morgan fingerprint density at radius 3 is 1.19 bits per heavy atom. The lowest BCUT2D eigenvalue weighted by molar-refractivity contribution is 0.0824. The van der Waals surface area contributed by atoms with Gasteiger partial charge in [0.05, 0.1) is 48.8 Å². The van der Waals surface area contributed by atoms with Gasteiger partial charge in [0.1, 0.15) is 0 Å². The molecule has 0 aromatic rings. The van der Waals surface area contributed by atoms with E-state index in [4.69, 9.17) is 10.2 Å². The Morgan fingerprint density at radius 1 is 0.529 bits per heavy atom. The molecule has 12 atom stereocenters. The zero-order chi connectivity index (χ0) is 51.3. The summed E-state index contributed by atoms with van der Waals surface area (Å²) in [5.41, 5.74) is 5.52. The maximum Gasteiger partial charge on any atom is 0.0825 e. The van der Waals surface area contributed by atoms with Crippen LogP contribution >= 0.6 is 0 Å². The summed E-state index contributed by atoms with van der Waals surface area (Å²) in [6.45, 7) is 17.4. The highest BCUT2D eigenvalue weighted by Crippen LogP contribution is 2.61. The van der Waals surface area contributed by atoms with Crippen molar-refractivity contribution in [3.63, 3.8) is 0 Å². The molecule has 0 spiro atoms. The average molecular weight is 969 g/mol. The van der Waals surface area contributed by atoms with E-state index in [2.05, 4.69) is 76.3 Å². The van der Waals surface area contributed by atoms with Crippen molar-refractivity contribution in [3.8, 4) is 0 Å². The lowest BCUT2D eigenvalue weighted by Gasteiger charge is -2.44. The van der Waals surface area contributed by atoms with Gasteiger partial charge >= 0.3 is 0 Å². The number of aliphatic hydroxyl groups excluding tert-OH is 6. The SMILES string of the molecule is CCC(O)(/C=C/C=C/[C@@H](C)C1CCC2/C(=C/C=C3C[C@@H](O)C(=CCO)[C@H](O)C3)CCCC21C)CC.CCC(O)(/C=C/C=C/[C@@H](C)C1CCC2/C(=C/C=C3C[C@@H](O)C(=CCO)[C@H](O)C3)CCCC21C)CC. The molecule has 0 heterocycles. The van der Waals surface area contributed by atoms with Crippen LogP contribution in [0.25, 0.3) is 0 Å². The summed E-state index contributed by atoms with van der Waals surface area (Å²) in [4.78, 5) is 0. The van der Waals surface area contributed by atoms with Crippen LogP contribution in [0.2, 0.25) is 0 Å². The van der Waals surface area contributed by atoms with Crippen LogP contribution in [-0.2, 0) is 0 Å². The number of allylic oxidation sites excluding steroid dienone is 12. The molecule has 6 saturated carbocycles. The minimum Gasteiger partial charge on any atom is -0.392 e. The molecule has 8 N–H and O–H groups in total. The Morgan fingerprint density at radius 2 is 0.871 bits per heavy atom. The van der Waals surface area contributed by atoms with Gasteiger partial charge in [-0.3, -0.25) is 0 Å². The van der Waals surface area contributed by atoms with Crippen LogP contribution in [-0.4, -0.2) is 89.7 Å². The number of hydrogen-bond acceptors (Lipinski definition) is 8. The van der Waals surface area contributed by atoms with Crippen molar-refractivity contribution in [1.29, 1.82) is 0 Å². The number of rotatable bonds is 16. The highest BCUT2D eigenvalue weighted by Gasteiger charge is 2.51. The van der Waals surface area contributed by atoms with E-state index in [9.17, 15) is 30.6 Å². The molecule has 0 bridgehead atoms. The molecule has 8 nitrogen and oxygen atoms in total. The van der Waals surface area contributed by atoms with Crippen LogP contribution in [0.15, 0.2) is 119 Å². The molecule has 0 aliphatic heterocycles. The molecule has 0 aromatic heterocycles. The molecule has 0 amide bonds. The molecule has 0 radical (unpaired) electrons. The third-order valence-electron chi connectivity index (χ3n) is 18.7. The Balaban J connectivity index is 0.000000261. The summed E-state index contributed by atoms with van der Waals surface area (Å²) >= 11 is 0. The summed E-state index contributed by atoms with van der Waals surface area (Å²) in [5.74, 6) is 3.47. The number of hydrogen-bond donors (Lipinski definition) is 8. The Bertz CT molecular complexity index is 1830. The predicted molar refractivity (Wildman–Crippen MR) is 287 cm³/mol. The molecule has 6 aliphatic carbocycles. The van der Waals surface area contributed by atoms with E-state index in [0.717, 1.165) is 49.7 Å². The van der Waals surface area contributed by atoms with E-state index in [-0.39, 0.29) is 13.2 Å². The molecular formula is C62H96O8. The second-order valence-electron chi connectivity index (χ2n) is 22.8. The minimum atomic E-state index is -0.713. The zero-order valence-corrected chi connectivity index (χ0v) is 44.6. The topological polar surface area (TPSA) is 162 Å². The highest BCUT2D eigenvalue weighted by atomic mass is 16.3. The van der Waals surface area contributed by atoms with Crippen molar-refractivity contribution >= 4 is 0 Å². The van der Waals surface area contributed by atoms with E-state index >= 15 is 0 Å². The van der Waals surface area contributed by atoms with E-state index in [1.165, 1.54) is 74.7 Å². The monoisotopic (exact) mass is 969 g/mol. The summed E-state index contributed by atoms with van der Waals surface area (Å²) in [5, 5.41) is 80.8. The smallest absolute Gasteiger partial charge is 0.0825 e. The largest absolute Gasteiger partial charge is 0.392 e. The highest BCUT2D eigenvalue weighted by molar-refractivity contribution is 5.33. The first-order valence-electron chi connectivity index (χ1n) is 27.6. The van der Waals surface area contributed by atoms with Gasteiger partial charge < -0.3 is 40.9 Å². The third kappa shape index (κ3) is 14.2. The maximum absolute atomic E-state index is 10.5. The van der Waals surface area contributed by atoms with Gasteiger partial charge in [-0.1, -0.05) is 163 Å². The van der Waals surface area contributed by atoms with Gasteiger partial charge in [0.15, 0.2) is 0 Å². The average Bonchev–Trinajstić information content (AvgIpc) is 3.90. The molecular weight excluding hydrogens is 873 g/mol. The molecule has 0 aromatic carbocycles. The quantitative estimate of drug-likeness (QED) is 0.0560. The van der Waals surface area contributed by atoms with Crippen molar-refractivity contribution in [3.05, 3.63) is 119 Å². The fourth-order valence-corrected chi connectivity index (χ4v) is 14.0. The number of fused-ring (bicyclic) bond motifs is 2. The first kappa shape index (κ1) is 58.0. The molecule has 0 saturated heterocycles. The second kappa shape index (κ2) is 26.3. The Labute approximate surface area is 423 Å². The van der Waals surface area contributed by atoms with Crippen molar-refractivity contribution in [2.45, 2.75) is 207 Å². The van der Waals surface area contributed by atoms with Crippen molar-refractivity contribution in [1.82, 2.24) is 0 Å². The van der Waals surface area contributed by atoms with Gasteiger partial charge in [-0.05, 0) is 173 Å². The van der Waals surface area contributed by atoms with Gasteiger partial charge in [-0.2, -0.15) is 0 Å². The molecule has 6 fully saturated rings. The third-order valence-corrected chi connectivity index (χ3v) is 18.7. The van der Waals surface area contributed by atoms with Gasteiger partial charge in [-0.25, -0.2) is 0 Å². The summed E-state index contributed by atoms with van der Waals surface area (Å²) < 4.78 is 0. The molecule has 6 unspecified atom stereocenters. The number of aliphatic hydroxyl groups is 8. The standard InChI is InChI=1S/2C31H48O4/c2*1-5-31(35,6-2)18-8-7-10-22(3)26-14-15-27-24(11-9-17-30(26,27)4)13-12-23-20-28(33)25(16-19-32)29(34)21-23/h2*7-8,10,12-13,16,18,22,26-29,32-35H,5-6,9,11,14-15,17,19-21H2,1-4H3/b2*10-7+,18-8+,23-12?,24-13+,25-16?/t2*22-,26?,27?,28-,29-,30?/m11/s1. The minimum absolute atomic E-state index is 0.155. The Kier molecular flexibility index (Phi) is 21.8. The van der Waals surface area contributed by atoms with Crippen molar-refractivity contribution < 1.29 is 40.9 Å². The Hall–Kier alpha value is -2.92. The molecule has 8 heteroatoms. The van der Waals surface area contributed by atoms with Crippen LogP contribution in [0.1, 0.15) is 171 Å². The second-order valence-corrected chi connectivity index (χ2v) is 22.8. The fraction of sp³-hybridized carbons (Fsp3) is 0.677. The predicted octanol–water partition coefficient (Wildman–Crippen LogP) is 11.6. The van der Waals surface area contributed by atoms with Gasteiger partial charge in [0.25, 0.3) is 0 Å². The first-order valence-corrected chi connectivity index (χ1v) is 27.6. The molecule has 392 valence electrons. The maximum atomic E-state index is 10.5. The summed E-state index contributed by atoms with van der Waals surface area (Å²) in [7, 11) is 0. The van der Waals surface area contributed by atoms with Crippen molar-refractivity contribution in [2.75, 3.05) is 13.2 Å². The fourth-order valence-electron chi connectivity index (χ4n) is 14.0. The van der Waals surface area contributed by atoms with Crippen LogP contribution in [0.4, 0.5) is 0 Å². The van der Waals surface area contributed by atoms with E-state index in [1.807, 2.05) is 52.0 Å². The van der Waals surface area contributed by atoms with E-state index in [1.54, 1.807) is 0 Å². The van der Waals surface area contributed by atoms with Gasteiger partial charge in [-0.15, -0.1) is 0 Å². The molecule has 70 heavy (non-hydrogen) atoms. The van der Waals surface area contributed by atoms with Gasteiger partial charge in [0, 0.05) is 0 Å². The zero-order valence-electron chi connectivity index (χ0n) is 44.6. The van der Waals surface area contributed by atoms with Crippen LogP contribution in [0.3, 0.4) is 0 Å². The van der Waals surface area contributed by atoms with Crippen molar-refractivity contribution in [2.24, 2.45) is 46.3 Å². The molecule has 6 rings (SSSR count). The van der Waals surface area contributed by atoms with Crippen LogP contribution < -0.4 is 0 Å². The molecule has 6 aliphatic rings. The summed E-state index contributed by atoms with van der Waals surface area (Å²) in [6, 6.07) is 0. The van der Waals surface area contributed by atoms with Gasteiger partial charge in [0.2, 0.25) is 0 Å². The lowest BCUT2D eigenvalue weighted by Crippen LogP contribution is -2.35. The van der Waals surface area contributed by atoms with Crippen LogP contribution in [0, 0.1) is 46.3 Å². The summed E-state index contributed by atoms with van der Waals surface area (Å²) in [6.07, 6.45) is 43.1. The van der Waals surface area contributed by atoms with E-state index < -0.39 is 35.6 Å². The van der Waals surface area contributed by atoms with Crippen LogP contribution in [0.5, 0.6) is 0 Å². The normalized spacial score (nSPS) is 34.1. The first-order chi connectivity index (χ1) is 33.3. The lowest BCUT2D eigenvalue weighted by atomic mass is 9.61.